The molecule has 2 aliphatic rings. The summed E-state index contributed by atoms with van der Waals surface area (Å²) in [5, 5.41) is 0. The number of allylic oxidation sites excluding steroid dienone is 1. The van der Waals surface area contributed by atoms with Gasteiger partial charge in [0.1, 0.15) is 5.75 Å². The number of ether oxygens (including phenoxy) is 1. The fourth-order valence-electron chi connectivity index (χ4n) is 3.78. The minimum atomic E-state index is 0.307. The molecule has 0 aliphatic heterocycles. The van der Waals surface area contributed by atoms with Crippen LogP contribution in [-0.4, -0.2) is 12.4 Å². The first-order valence-corrected chi connectivity index (χ1v) is 8.25. The fourth-order valence-corrected chi connectivity index (χ4v) is 3.78. The molecule has 2 fully saturated rings. The smallest absolute Gasteiger partial charge is 0.162 e. The van der Waals surface area contributed by atoms with Crippen molar-refractivity contribution in [2.24, 2.45) is 11.8 Å². The van der Waals surface area contributed by atoms with Gasteiger partial charge in [0.25, 0.3) is 0 Å². The van der Waals surface area contributed by atoms with Crippen LogP contribution in [0, 0.1) is 11.8 Å². The van der Waals surface area contributed by atoms with Crippen LogP contribution in [0.3, 0.4) is 0 Å². The van der Waals surface area contributed by atoms with Gasteiger partial charge in [0.05, 0.1) is 6.61 Å². The van der Waals surface area contributed by atoms with E-state index in [4.69, 9.17) is 4.74 Å². The number of ketones is 1. The molecule has 0 bridgehead atoms. The first-order valence-electron chi connectivity index (χ1n) is 8.25. The first-order chi connectivity index (χ1) is 10.3. The molecule has 0 spiro atoms. The van der Waals surface area contributed by atoms with Crippen LogP contribution in [0.4, 0.5) is 0 Å². The van der Waals surface area contributed by atoms with E-state index in [0.29, 0.717) is 24.2 Å². The van der Waals surface area contributed by atoms with E-state index >= 15 is 0 Å². The van der Waals surface area contributed by atoms with Gasteiger partial charge in [-0.1, -0.05) is 25.0 Å². The lowest BCUT2D eigenvalue weighted by Crippen LogP contribution is -2.16. The Balaban J connectivity index is 1.70. The number of hydrogen-bond donors (Lipinski definition) is 0. The lowest BCUT2D eigenvalue weighted by Gasteiger charge is -2.15. The van der Waals surface area contributed by atoms with Crippen molar-refractivity contribution in [1.82, 2.24) is 0 Å². The molecule has 3 rings (SSSR count). The molecule has 0 unspecified atom stereocenters. The summed E-state index contributed by atoms with van der Waals surface area (Å²) in [7, 11) is 0. The van der Waals surface area contributed by atoms with E-state index in [0.717, 1.165) is 29.7 Å². The number of hydrogen-bond acceptors (Lipinski definition) is 2. The zero-order valence-corrected chi connectivity index (χ0v) is 12.8. The number of carbonyl (C=O) groups is 1. The van der Waals surface area contributed by atoms with Gasteiger partial charge in [-0.05, 0) is 67.9 Å². The lowest BCUT2D eigenvalue weighted by atomic mass is 9.88. The molecule has 1 aromatic carbocycles. The van der Waals surface area contributed by atoms with Crippen LogP contribution >= 0.6 is 0 Å². The Bertz CT molecular complexity index is 521. The highest BCUT2D eigenvalue weighted by Gasteiger charge is 2.36. The second-order valence-electron chi connectivity index (χ2n) is 6.23. The van der Waals surface area contributed by atoms with Gasteiger partial charge in [-0.15, -0.1) is 0 Å². The molecule has 1 aromatic rings. The van der Waals surface area contributed by atoms with Gasteiger partial charge < -0.3 is 4.74 Å². The van der Waals surface area contributed by atoms with Crippen molar-refractivity contribution in [3.8, 4) is 5.75 Å². The maximum absolute atomic E-state index is 12.6. The van der Waals surface area contributed by atoms with E-state index in [1.165, 1.54) is 25.7 Å². The van der Waals surface area contributed by atoms with E-state index in [-0.39, 0.29) is 0 Å². The van der Waals surface area contributed by atoms with Crippen LogP contribution in [0.5, 0.6) is 5.75 Å². The average Bonchev–Trinajstić information content (AvgIpc) is 3.12. The highest BCUT2D eigenvalue weighted by molar-refractivity contribution is 6.03. The quantitative estimate of drug-likeness (QED) is 0.753. The zero-order valence-electron chi connectivity index (χ0n) is 12.8. The van der Waals surface area contributed by atoms with Crippen LogP contribution in [-0.2, 0) is 4.79 Å². The van der Waals surface area contributed by atoms with E-state index < -0.39 is 0 Å². The number of rotatable bonds is 4. The summed E-state index contributed by atoms with van der Waals surface area (Å²) >= 11 is 0. The lowest BCUT2D eigenvalue weighted by molar-refractivity contribution is -0.119. The second kappa shape index (κ2) is 6.46. The average molecular weight is 284 g/mol. The monoisotopic (exact) mass is 284 g/mol. The van der Waals surface area contributed by atoms with Gasteiger partial charge in [0.15, 0.2) is 5.78 Å². The topological polar surface area (TPSA) is 26.3 Å². The molecule has 0 amide bonds. The van der Waals surface area contributed by atoms with Crippen LogP contribution in [0.25, 0.3) is 6.08 Å². The van der Waals surface area contributed by atoms with Crippen molar-refractivity contribution in [3.05, 3.63) is 35.4 Å². The van der Waals surface area contributed by atoms with Crippen LogP contribution in [0.2, 0.25) is 0 Å². The minimum Gasteiger partial charge on any atom is -0.494 e. The Labute approximate surface area is 127 Å². The van der Waals surface area contributed by atoms with Crippen molar-refractivity contribution in [1.29, 1.82) is 0 Å². The van der Waals surface area contributed by atoms with E-state index in [9.17, 15) is 4.79 Å². The Morgan fingerprint density at radius 3 is 2.52 bits per heavy atom. The summed E-state index contributed by atoms with van der Waals surface area (Å²) in [6.45, 7) is 2.66. The predicted molar refractivity (Wildman–Crippen MR) is 85.3 cm³/mol. The van der Waals surface area contributed by atoms with Gasteiger partial charge in [-0.25, -0.2) is 0 Å². The summed E-state index contributed by atoms with van der Waals surface area (Å²) < 4.78 is 5.45. The van der Waals surface area contributed by atoms with Crippen molar-refractivity contribution < 1.29 is 9.53 Å². The molecule has 2 aliphatic carbocycles. The van der Waals surface area contributed by atoms with Crippen LogP contribution < -0.4 is 4.74 Å². The van der Waals surface area contributed by atoms with Gasteiger partial charge in [-0.2, -0.15) is 0 Å². The molecular formula is C19H24O2. The molecule has 21 heavy (non-hydrogen) atoms. The minimum absolute atomic E-state index is 0.307. The normalized spacial score (nSPS) is 24.9. The Morgan fingerprint density at radius 1 is 1.14 bits per heavy atom. The van der Waals surface area contributed by atoms with Gasteiger partial charge in [0.2, 0.25) is 0 Å². The third-order valence-corrected chi connectivity index (χ3v) is 4.88. The summed E-state index contributed by atoms with van der Waals surface area (Å²) in [6, 6.07) is 8.02. The molecule has 0 N–H and O–H groups in total. The van der Waals surface area contributed by atoms with Crippen molar-refractivity contribution in [3.63, 3.8) is 0 Å². The van der Waals surface area contributed by atoms with Crippen molar-refractivity contribution in [2.75, 3.05) is 6.61 Å². The number of carbonyl (C=O) groups excluding carboxylic acids is 1. The second-order valence-corrected chi connectivity index (χ2v) is 6.23. The van der Waals surface area contributed by atoms with E-state index in [1.807, 2.05) is 31.2 Å². The van der Waals surface area contributed by atoms with Gasteiger partial charge in [-0.3, -0.25) is 4.79 Å². The SMILES string of the molecule is CCOc1ccc(/C=C2\CC[C@H](C3CCCC3)C2=O)cc1. The largest absolute Gasteiger partial charge is 0.494 e. The highest BCUT2D eigenvalue weighted by atomic mass is 16.5. The van der Waals surface area contributed by atoms with Gasteiger partial charge >= 0.3 is 0 Å². The predicted octanol–water partition coefficient (Wildman–Crippen LogP) is 4.64. The molecular weight excluding hydrogens is 260 g/mol. The summed E-state index contributed by atoms with van der Waals surface area (Å²) in [5.74, 6) is 2.27. The third-order valence-electron chi connectivity index (χ3n) is 4.88. The van der Waals surface area contributed by atoms with Crippen molar-refractivity contribution >= 4 is 11.9 Å². The molecule has 0 radical (unpaired) electrons. The van der Waals surface area contributed by atoms with E-state index in [1.54, 1.807) is 0 Å². The number of benzene rings is 1. The molecule has 2 saturated carbocycles. The molecule has 0 heterocycles. The molecule has 2 nitrogen and oxygen atoms in total. The summed E-state index contributed by atoms with van der Waals surface area (Å²) in [4.78, 5) is 12.6. The molecule has 112 valence electrons. The number of Topliss-reactive ketones (excluding diaryl/α,β-unsaturated/α-hetero) is 1. The Hall–Kier alpha value is -1.57. The van der Waals surface area contributed by atoms with E-state index in [2.05, 4.69) is 6.08 Å². The van der Waals surface area contributed by atoms with Crippen LogP contribution in [0.15, 0.2) is 29.8 Å². The Morgan fingerprint density at radius 2 is 1.86 bits per heavy atom. The van der Waals surface area contributed by atoms with Crippen molar-refractivity contribution in [2.45, 2.75) is 45.4 Å². The molecule has 0 saturated heterocycles. The maximum Gasteiger partial charge on any atom is 0.162 e. The Kier molecular flexibility index (Phi) is 4.42. The highest BCUT2D eigenvalue weighted by Crippen LogP contribution is 2.40. The molecule has 1 atom stereocenters. The third kappa shape index (κ3) is 3.20. The summed E-state index contributed by atoms with van der Waals surface area (Å²) in [6.07, 6.45) is 9.23. The first kappa shape index (κ1) is 14.4. The molecule has 2 heteroatoms. The summed E-state index contributed by atoms with van der Waals surface area (Å²) in [5.41, 5.74) is 2.13. The maximum atomic E-state index is 12.6. The fraction of sp³-hybridized carbons (Fsp3) is 0.526. The standard InChI is InChI=1S/C19H24O2/c1-2-21-17-10-7-14(8-11-17)13-16-9-12-18(19(16)20)15-5-3-4-6-15/h7-8,10-11,13,15,18H,2-6,9,12H2,1H3/b16-13+/t18-/m1/s1. The molecule has 0 aromatic heterocycles. The van der Waals surface area contributed by atoms with Crippen LogP contribution in [0.1, 0.15) is 51.0 Å². The zero-order chi connectivity index (χ0) is 14.7. The van der Waals surface area contributed by atoms with Gasteiger partial charge in [0, 0.05) is 5.92 Å².